The summed E-state index contributed by atoms with van der Waals surface area (Å²) in [5.41, 5.74) is 8.46. The number of phenolic OH excluding ortho intramolecular Hbond substituents is 1. The van der Waals surface area contributed by atoms with Crippen molar-refractivity contribution in [3.63, 3.8) is 0 Å². The summed E-state index contributed by atoms with van der Waals surface area (Å²) in [5.74, 6) is 0.675. The van der Waals surface area contributed by atoms with E-state index in [0.29, 0.717) is 17.0 Å². The number of hydrogen-bond acceptors (Lipinski definition) is 4. The first kappa shape index (κ1) is 18.6. The zero-order valence-corrected chi connectivity index (χ0v) is 15.0. The van der Waals surface area contributed by atoms with Gasteiger partial charge in [0.05, 0.1) is 6.10 Å². The van der Waals surface area contributed by atoms with Crippen molar-refractivity contribution in [2.75, 3.05) is 5.73 Å². The molecule has 2 aromatic carbocycles. The molecule has 0 saturated heterocycles. The fourth-order valence-electron chi connectivity index (χ4n) is 2.50. The van der Waals surface area contributed by atoms with Crippen molar-refractivity contribution in [1.82, 2.24) is 0 Å². The van der Waals surface area contributed by atoms with E-state index in [1.54, 1.807) is 36.4 Å². The maximum Gasteiger partial charge on any atom is 0.185 e. The molecule has 0 spiro atoms. The number of hydrogen-bond donors (Lipinski definition) is 2. The second-order valence-corrected chi connectivity index (χ2v) is 6.25. The summed E-state index contributed by atoms with van der Waals surface area (Å²) in [7, 11) is 0. The Balaban J connectivity index is 2.32. The summed E-state index contributed by atoms with van der Waals surface area (Å²) >= 11 is 0. The third-order valence-electron chi connectivity index (χ3n) is 3.70. The topological polar surface area (TPSA) is 72.6 Å². The van der Waals surface area contributed by atoms with E-state index in [-0.39, 0.29) is 17.6 Å². The Bertz CT molecular complexity index is 761. The molecule has 0 aliphatic carbocycles. The number of nitrogen functional groups attached to an aromatic ring is 1. The number of ether oxygens (including phenoxy) is 1. The summed E-state index contributed by atoms with van der Waals surface area (Å²) < 4.78 is 5.77. The maximum absolute atomic E-state index is 12.3. The highest BCUT2D eigenvalue weighted by atomic mass is 16.5. The highest BCUT2D eigenvalue weighted by Gasteiger charge is 2.11. The Kier molecular flexibility index (Phi) is 6.23. The van der Waals surface area contributed by atoms with Crippen LogP contribution >= 0.6 is 0 Å². The van der Waals surface area contributed by atoms with Crippen molar-refractivity contribution < 1.29 is 14.6 Å². The number of benzene rings is 2. The lowest BCUT2D eigenvalue weighted by atomic mass is 10.0. The van der Waals surface area contributed by atoms with E-state index in [4.69, 9.17) is 10.5 Å². The van der Waals surface area contributed by atoms with Gasteiger partial charge in [0, 0.05) is 22.9 Å². The molecule has 132 valence electrons. The summed E-state index contributed by atoms with van der Waals surface area (Å²) in [6.07, 6.45) is 4.90. The van der Waals surface area contributed by atoms with Crippen LogP contribution in [0.15, 0.2) is 42.5 Å². The van der Waals surface area contributed by atoms with Crippen LogP contribution in [0.3, 0.4) is 0 Å². The molecular weight excluding hydrogens is 314 g/mol. The zero-order chi connectivity index (χ0) is 18.4. The molecule has 0 radical (unpaired) electrons. The number of aryl methyl sites for hydroxylation is 1. The number of allylic oxidation sites excluding steroid dienone is 1. The first-order valence-corrected chi connectivity index (χ1v) is 8.51. The number of anilines is 1. The van der Waals surface area contributed by atoms with Crippen LogP contribution in [0, 0.1) is 0 Å². The average molecular weight is 339 g/mol. The predicted molar refractivity (Wildman–Crippen MR) is 102 cm³/mol. The molecule has 0 aliphatic rings. The van der Waals surface area contributed by atoms with Gasteiger partial charge >= 0.3 is 0 Å². The van der Waals surface area contributed by atoms with E-state index in [9.17, 15) is 9.90 Å². The zero-order valence-electron chi connectivity index (χ0n) is 15.0. The fourth-order valence-corrected chi connectivity index (χ4v) is 2.50. The Labute approximate surface area is 148 Å². The van der Waals surface area contributed by atoms with Gasteiger partial charge in [-0.25, -0.2) is 0 Å². The number of aromatic hydroxyl groups is 1. The molecule has 0 saturated carbocycles. The van der Waals surface area contributed by atoms with Crippen molar-refractivity contribution in [2.45, 2.75) is 39.7 Å². The number of rotatable bonds is 7. The molecule has 25 heavy (non-hydrogen) atoms. The van der Waals surface area contributed by atoms with Crippen LogP contribution in [0.5, 0.6) is 11.5 Å². The van der Waals surface area contributed by atoms with Crippen LogP contribution in [0.4, 0.5) is 5.69 Å². The van der Waals surface area contributed by atoms with E-state index >= 15 is 0 Å². The van der Waals surface area contributed by atoms with E-state index in [2.05, 4.69) is 6.92 Å². The molecule has 0 bridgehead atoms. The predicted octanol–water partition coefficient (Wildman–Crippen LogP) is 4.61. The van der Waals surface area contributed by atoms with Gasteiger partial charge in [-0.2, -0.15) is 0 Å². The summed E-state index contributed by atoms with van der Waals surface area (Å²) in [6.45, 7) is 5.89. The fraction of sp³-hybridized carbons (Fsp3) is 0.286. The molecule has 0 aliphatic heterocycles. The molecule has 0 aromatic heterocycles. The lowest BCUT2D eigenvalue weighted by molar-refractivity contribution is 0.104. The van der Waals surface area contributed by atoms with Gasteiger partial charge in [-0.15, -0.1) is 0 Å². The lowest BCUT2D eigenvalue weighted by Crippen LogP contribution is -2.07. The van der Waals surface area contributed by atoms with Crippen LogP contribution < -0.4 is 10.5 Å². The SMILES string of the molecule is CCCc1cc(C=CC(=O)c2ccc(N)cc2)c(OC(C)C)cc1O. The van der Waals surface area contributed by atoms with Gasteiger partial charge in [0.2, 0.25) is 0 Å². The highest BCUT2D eigenvalue weighted by molar-refractivity contribution is 6.07. The van der Waals surface area contributed by atoms with Gasteiger partial charge in [-0.05, 0) is 68.3 Å². The number of ketones is 1. The second-order valence-electron chi connectivity index (χ2n) is 6.25. The van der Waals surface area contributed by atoms with Crippen molar-refractivity contribution in [3.8, 4) is 11.5 Å². The minimum absolute atomic E-state index is 0.0311. The van der Waals surface area contributed by atoms with Gasteiger partial charge in [0.15, 0.2) is 5.78 Å². The quantitative estimate of drug-likeness (QED) is 0.439. The minimum atomic E-state index is -0.111. The molecule has 0 atom stereocenters. The first-order chi connectivity index (χ1) is 11.9. The normalized spacial score (nSPS) is 11.2. The van der Waals surface area contributed by atoms with Crippen LogP contribution in [0.1, 0.15) is 48.7 Å². The number of phenols is 1. The van der Waals surface area contributed by atoms with E-state index < -0.39 is 0 Å². The third-order valence-corrected chi connectivity index (χ3v) is 3.70. The molecule has 4 nitrogen and oxygen atoms in total. The molecule has 0 heterocycles. The Morgan fingerprint density at radius 3 is 2.52 bits per heavy atom. The van der Waals surface area contributed by atoms with E-state index in [0.717, 1.165) is 24.0 Å². The highest BCUT2D eigenvalue weighted by Crippen LogP contribution is 2.31. The Morgan fingerprint density at radius 2 is 1.92 bits per heavy atom. The van der Waals surface area contributed by atoms with Gasteiger partial charge in [0.1, 0.15) is 11.5 Å². The monoisotopic (exact) mass is 339 g/mol. The Hall–Kier alpha value is -2.75. The lowest BCUT2D eigenvalue weighted by Gasteiger charge is -2.15. The van der Waals surface area contributed by atoms with Crippen LogP contribution in [0.25, 0.3) is 6.08 Å². The molecule has 4 heteroatoms. The minimum Gasteiger partial charge on any atom is -0.508 e. The summed E-state index contributed by atoms with van der Waals surface area (Å²) in [6, 6.07) is 10.3. The molecule has 0 fully saturated rings. The second kappa shape index (κ2) is 8.38. The molecular formula is C21H25NO3. The number of nitrogens with two attached hydrogens (primary N) is 1. The van der Waals surface area contributed by atoms with Crippen LogP contribution in [-0.4, -0.2) is 17.0 Å². The van der Waals surface area contributed by atoms with Crippen molar-refractivity contribution in [3.05, 3.63) is 59.2 Å². The van der Waals surface area contributed by atoms with Crippen molar-refractivity contribution >= 4 is 17.5 Å². The van der Waals surface area contributed by atoms with E-state index in [1.165, 1.54) is 6.08 Å². The van der Waals surface area contributed by atoms with Gasteiger partial charge < -0.3 is 15.6 Å². The standard InChI is InChI=1S/C21H25NO3/c1-4-5-16-12-17(21(13-20(16)24)25-14(2)3)8-11-19(23)15-6-9-18(22)10-7-15/h6-14,24H,4-5,22H2,1-3H3. The molecule has 0 unspecified atom stereocenters. The summed E-state index contributed by atoms with van der Waals surface area (Å²) in [4.78, 5) is 12.3. The average Bonchev–Trinajstić information content (AvgIpc) is 2.56. The smallest absolute Gasteiger partial charge is 0.185 e. The summed E-state index contributed by atoms with van der Waals surface area (Å²) in [5, 5.41) is 10.2. The molecule has 3 N–H and O–H groups in total. The number of carbonyl (C=O) groups is 1. The van der Waals surface area contributed by atoms with Crippen molar-refractivity contribution in [1.29, 1.82) is 0 Å². The van der Waals surface area contributed by atoms with Crippen LogP contribution in [-0.2, 0) is 6.42 Å². The van der Waals surface area contributed by atoms with Crippen molar-refractivity contribution in [2.24, 2.45) is 0 Å². The Morgan fingerprint density at radius 1 is 1.24 bits per heavy atom. The first-order valence-electron chi connectivity index (χ1n) is 8.51. The maximum atomic E-state index is 12.3. The van der Waals surface area contributed by atoms with Crippen LogP contribution in [0.2, 0.25) is 0 Å². The molecule has 2 aromatic rings. The third kappa shape index (κ3) is 5.11. The van der Waals surface area contributed by atoms with Gasteiger partial charge in [0.25, 0.3) is 0 Å². The van der Waals surface area contributed by atoms with Gasteiger partial charge in [-0.1, -0.05) is 13.3 Å². The molecule has 0 amide bonds. The van der Waals surface area contributed by atoms with Gasteiger partial charge in [-0.3, -0.25) is 4.79 Å². The largest absolute Gasteiger partial charge is 0.508 e. The molecule has 2 rings (SSSR count). The van der Waals surface area contributed by atoms with E-state index in [1.807, 2.05) is 19.9 Å². The number of carbonyl (C=O) groups excluding carboxylic acids is 1.